The van der Waals surface area contributed by atoms with Gasteiger partial charge in [-0.2, -0.15) is 0 Å². The molecule has 0 unspecified atom stereocenters. The van der Waals surface area contributed by atoms with Crippen molar-refractivity contribution in [3.8, 4) is 5.75 Å². The third kappa shape index (κ3) is 2.38. The van der Waals surface area contributed by atoms with Crippen LogP contribution in [0.4, 0.5) is 0 Å². The number of aromatic nitrogens is 1. The molecule has 2 heterocycles. The highest BCUT2D eigenvalue weighted by Crippen LogP contribution is 2.13. The van der Waals surface area contributed by atoms with E-state index in [-0.39, 0.29) is 12.3 Å². The van der Waals surface area contributed by atoms with Crippen LogP contribution >= 0.6 is 0 Å². The Bertz CT molecular complexity index is 478. The molecule has 16 heavy (non-hydrogen) atoms. The lowest BCUT2D eigenvalue weighted by Gasteiger charge is -2.04. The van der Waals surface area contributed by atoms with Crippen LogP contribution in [0, 0.1) is 0 Å². The SMILES string of the molecule is O=C(O)c1cc(OCc2ccco2)ccn1. The van der Waals surface area contributed by atoms with Crippen LogP contribution in [0.25, 0.3) is 0 Å². The summed E-state index contributed by atoms with van der Waals surface area (Å²) < 4.78 is 10.4. The summed E-state index contributed by atoms with van der Waals surface area (Å²) in [5.74, 6) is 0.0425. The Kier molecular flexibility index (Phi) is 2.86. The van der Waals surface area contributed by atoms with Crippen LogP contribution in [0.3, 0.4) is 0 Å². The van der Waals surface area contributed by atoms with Crippen molar-refractivity contribution in [3.05, 3.63) is 48.2 Å². The highest BCUT2D eigenvalue weighted by atomic mass is 16.5. The normalized spacial score (nSPS) is 10.0. The summed E-state index contributed by atoms with van der Waals surface area (Å²) in [6, 6.07) is 6.49. The quantitative estimate of drug-likeness (QED) is 0.850. The molecule has 0 amide bonds. The molecule has 5 nitrogen and oxygen atoms in total. The molecule has 82 valence electrons. The number of pyridine rings is 1. The fourth-order valence-electron chi connectivity index (χ4n) is 1.17. The fourth-order valence-corrected chi connectivity index (χ4v) is 1.17. The first kappa shape index (κ1) is 10.2. The summed E-state index contributed by atoms with van der Waals surface area (Å²) in [7, 11) is 0. The third-order valence-corrected chi connectivity index (χ3v) is 1.91. The van der Waals surface area contributed by atoms with Gasteiger partial charge in [0.05, 0.1) is 6.26 Å². The smallest absolute Gasteiger partial charge is 0.354 e. The highest BCUT2D eigenvalue weighted by Gasteiger charge is 2.06. The average molecular weight is 219 g/mol. The van der Waals surface area contributed by atoms with Gasteiger partial charge in [0.2, 0.25) is 0 Å². The van der Waals surface area contributed by atoms with Gasteiger partial charge in [0.1, 0.15) is 18.1 Å². The molecule has 0 saturated heterocycles. The van der Waals surface area contributed by atoms with E-state index in [2.05, 4.69) is 4.98 Å². The molecule has 0 aliphatic heterocycles. The van der Waals surface area contributed by atoms with E-state index in [1.165, 1.54) is 12.3 Å². The molecule has 0 atom stereocenters. The molecule has 0 spiro atoms. The number of carboxylic acids is 1. The Hall–Kier alpha value is -2.30. The molecule has 5 heteroatoms. The van der Waals surface area contributed by atoms with Crippen LogP contribution in [0.2, 0.25) is 0 Å². The number of rotatable bonds is 4. The number of hydrogen-bond donors (Lipinski definition) is 1. The fraction of sp³-hybridized carbons (Fsp3) is 0.0909. The number of carbonyl (C=O) groups is 1. The Morgan fingerprint density at radius 2 is 2.38 bits per heavy atom. The number of hydrogen-bond acceptors (Lipinski definition) is 4. The van der Waals surface area contributed by atoms with Crippen molar-refractivity contribution in [2.75, 3.05) is 0 Å². The molecule has 2 aromatic rings. The van der Waals surface area contributed by atoms with Crippen LogP contribution in [0.5, 0.6) is 5.75 Å². The zero-order chi connectivity index (χ0) is 11.4. The summed E-state index contributed by atoms with van der Waals surface area (Å²) >= 11 is 0. The molecule has 2 rings (SSSR count). The zero-order valence-electron chi connectivity index (χ0n) is 8.29. The van der Waals surface area contributed by atoms with Crippen molar-refractivity contribution in [3.63, 3.8) is 0 Å². The monoisotopic (exact) mass is 219 g/mol. The molecule has 0 radical (unpaired) electrons. The van der Waals surface area contributed by atoms with Crippen molar-refractivity contribution >= 4 is 5.97 Å². The highest BCUT2D eigenvalue weighted by molar-refractivity contribution is 5.85. The van der Waals surface area contributed by atoms with E-state index >= 15 is 0 Å². The first-order chi connectivity index (χ1) is 7.75. The number of furan rings is 1. The van der Waals surface area contributed by atoms with E-state index in [0.717, 1.165) is 0 Å². The lowest BCUT2D eigenvalue weighted by Crippen LogP contribution is -2.01. The van der Waals surface area contributed by atoms with E-state index in [1.54, 1.807) is 24.5 Å². The minimum atomic E-state index is -1.08. The maximum atomic E-state index is 10.6. The van der Waals surface area contributed by atoms with Gasteiger partial charge in [-0.05, 0) is 18.2 Å². The van der Waals surface area contributed by atoms with Crippen LogP contribution in [-0.2, 0) is 6.61 Å². The van der Waals surface area contributed by atoms with E-state index < -0.39 is 5.97 Å². The van der Waals surface area contributed by atoms with Gasteiger partial charge < -0.3 is 14.3 Å². The Morgan fingerprint density at radius 3 is 3.06 bits per heavy atom. The van der Waals surface area contributed by atoms with Crippen molar-refractivity contribution < 1.29 is 19.1 Å². The molecule has 0 fully saturated rings. The van der Waals surface area contributed by atoms with E-state index in [0.29, 0.717) is 11.5 Å². The molecule has 0 aliphatic rings. The van der Waals surface area contributed by atoms with Crippen LogP contribution in [0.15, 0.2) is 41.1 Å². The number of ether oxygens (including phenoxy) is 1. The molecule has 0 saturated carbocycles. The molecule has 0 aromatic carbocycles. The molecule has 2 aromatic heterocycles. The summed E-state index contributed by atoms with van der Waals surface area (Å²) in [5, 5.41) is 8.72. The average Bonchev–Trinajstić information content (AvgIpc) is 2.79. The summed E-state index contributed by atoms with van der Waals surface area (Å²) in [4.78, 5) is 14.3. The van der Waals surface area contributed by atoms with E-state index in [4.69, 9.17) is 14.3 Å². The van der Waals surface area contributed by atoms with E-state index in [1.807, 2.05) is 0 Å². The van der Waals surface area contributed by atoms with Gasteiger partial charge in [-0.1, -0.05) is 0 Å². The third-order valence-electron chi connectivity index (χ3n) is 1.91. The first-order valence-electron chi connectivity index (χ1n) is 4.60. The van der Waals surface area contributed by atoms with Gasteiger partial charge in [-0.15, -0.1) is 0 Å². The second kappa shape index (κ2) is 4.48. The standard InChI is InChI=1S/C11H9NO4/c13-11(14)10-6-8(3-4-12-10)16-7-9-2-1-5-15-9/h1-6H,7H2,(H,13,14). The molecule has 0 bridgehead atoms. The van der Waals surface area contributed by atoms with Crippen LogP contribution in [-0.4, -0.2) is 16.1 Å². The Labute approximate surface area is 91.3 Å². The summed E-state index contributed by atoms with van der Waals surface area (Å²) in [6.07, 6.45) is 2.94. The number of nitrogens with zero attached hydrogens (tertiary/aromatic N) is 1. The Morgan fingerprint density at radius 1 is 1.50 bits per heavy atom. The van der Waals surface area contributed by atoms with Crippen LogP contribution < -0.4 is 4.74 Å². The second-order valence-electron chi connectivity index (χ2n) is 3.05. The first-order valence-corrected chi connectivity index (χ1v) is 4.60. The molecule has 0 aliphatic carbocycles. The van der Waals surface area contributed by atoms with Gasteiger partial charge in [-0.3, -0.25) is 0 Å². The van der Waals surface area contributed by atoms with Crippen molar-refractivity contribution in [1.82, 2.24) is 4.98 Å². The van der Waals surface area contributed by atoms with Crippen molar-refractivity contribution in [2.24, 2.45) is 0 Å². The van der Waals surface area contributed by atoms with Crippen molar-refractivity contribution in [2.45, 2.75) is 6.61 Å². The summed E-state index contributed by atoms with van der Waals surface area (Å²) in [5.41, 5.74) is -0.0445. The molecular weight excluding hydrogens is 210 g/mol. The van der Waals surface area contributed by atoms with Crippen LogP contribution in [0.1, 0.15) is 16.2 Å². The lowest BCUT2D eigenvalue weighted by molar-refractivity contribution is 0.0690. The predicted octanol–water partition coefficient (Wildman–Crippen LogP) is 1.95. The second-order valence-corrected chi connectivity index (χ2v) is 3.05. The van der Waals surface area contributed by atoms with Gasteiger partial charge in [0.15, 0.2) is 5.69 Å². The number of aromatic carboxylic acids is 1. The predicted molar refractivity (Wildman–Crippen MR) is 54.2 cm³/mol. The maximum absolute atomic E-state index is 10.6. The van der Waals surface area contributed by atoms with Gasteiger partial charge in [0, 0.05) is 12.3 Å². The van der Waals surface area contributed by atoms with E-state index in [9.17, 15) is 4.79 Å². The molecule has 1 N–H and O–H groups in total. The maximum Gasteiger partial charge on any atom is 0.354 e. The minimum absolute atomic E-state index is 0.0445. The topological polar surface area (TPSA) is 72.6 Å². The lowest BCUT2D eigenvalue weighted by atomic mass is 10.3. The zero-order valence-corrected chi connectivity index (χ0v) is 8.29. The van der Waals surface area contributed by atoms with Gasteiger partial charge >= 0.3 is 5.97 Å². The summed E-state index contributed by atoms with van der Waals surface area (Å²) in [6.45, 7) is 0.260. The van der Waals surface area contributed by atoms with Gasteiger partial charge in [0.25, 0.3) is 0 Å². The van der Waals surface area contributed by atoms with Gasteiger partial charge in [-0.25, -0.2) is 9.78 Å². The molecular formula is C11H9NO4. The minimum Gasteiger partial charge on any atom is -0.486 e. The largest absolute Gasteiger partial charge is 0.486 e. The number of carboxylic acid groups (broad SMARTS) is 1. The Balaban J connectivity index is 2.04. The van der Waals surface area contributed by atoms with Crippen molar-refractivity contribution in [1.29, 1.82) is 0 Å².